The van der Waals surface area contributed by atoms with E-state index in [1.54, 1.807) is 0 Å². The molecule has 1 nitrogen and oxygen atoms in total. The van der Waals surface area contributed by atoms with Gasteiger partial charge in [0.25, 0.3) is 0 Å². The predicted octanol–water partition coefficient (Wildman–Crippen LogP) is 1.27. The van der Waals surface area contributed by atoms with E-state index in [-0.39, 0.29) is 0 Å². The topological polar surface area (TPSA) is 19.9 Å². The molecule has 0 saturated heterocycles. The summed E-state index contributed by atoms with van der Waals surface area (Å²) in [4.78, 5) is 0. The van der Waals surface area contributed by atoms with Gasteiger partial charge in [-0.05, 0) is 0 Å². The Labute approximate surface area is 36.6 Å². The van der Waals surface area contributed by atoms with Crippen LogP contribution >= 0.6 is 0 Å². The summed E-state index contributed by atoms with van der Waals surface area (Å²) in [5.41, 5.74) is 0. The lowest BCUT2D eigenvalue weighted by Gasteiger charge is -2.00. The summed E-state index contributed by atoms with van der Waals surface area (Å²) < 4.78 is 42.0. The van der Waals surface area contributed by atoms with Crippen LogP contribution in [-0.4, -0.2) is 12.5 Å². The Bertz CT molecular complexity index is 55.2. The number of halogens is 4. The summed E-state index contributed by atoms with van der Waals surface area (Å²) in [5, 5.41) is 8.72. The molecule has 0 aliphatic carbocycles. The Morgan fingerprint density at radius 3 is 1.43 bits per heavy atom. The van der Waals surface area contributed by atoms with Gasteiger partial charge in [-0.2, -0.15) is 13.9 Å². The van der Waals surface area contributed by atoms with E-state index < -0.39 is 12.5 Å². The van der Waals surface area contributed by atoms with E-state index in [1.165, 1.54) is 0 Å². The Balaban J connectivity index is 3.54. The molecule has 0 bridgehead atoms. The van der Waals surface area contributed by atoms with Gasteiger partial charge in [0.1, 0.15) is 0 Å². The average Bonchev–Trinajstić information content (AvgIpc) is 1.31. The van der Waals surface area contributed by atoms with Crippen LogP contribution in [0.15, 0.2) is 0 Å². The molecule has 0 fully saturated rings. The van der Waals surface area contributed by atoms with Crippen molar-refractivity contribution >= 4 is 0 Å². The summed E-state index contributed by atoms with van der Waals surface area (Å²) in [6.07, 6.45) is -9.17. The lowest BCUT2D eigenvalue weighted by molar-refractivity contribution is -0.305. The van der Waals surface area contributed by atoms with Gasteiger partial charge < -0.3 is 0 Å². The van der Waals surface area contributed by atoms with Gasteiger partial charge in [0.15, 0.2) is 0 Å². The quantitative estimate of drug-likeness (QED) is 0.461. The summed E-state index contributed by atoms with van der Waals surface area (Å²) >= 11 is 0. The fraction of sp³-hybridized carbons (Fsp3) is 1.00. The van der Waals surface area contributed by atoms with Crippen molar-refractivity contribution in [1.29, 1.82) is 0 Å². The van der Waals surface area contributed by atoms with Crippen LogP contribution in [-0.2, 0) is 5.11 Å². The third-order valence-corrected chi connectivity index (χ3v) is 0.254. The minimum Gasteiger partial charge on any atom is -0.200 e. The zero-order valence-electron chi connectivity index (χ0n) is 3.00. The second-order valence-electron chi connectivity index (χ2n) is 0.862. The first-order valence-corrected chi connectivity index (χ1v) is 1.31. The summed E-state index contributed by atoms with van der Waals surface area (Å²) in [6.45, 7) is 0. The maximum absolute atomic E-state index is 10.5. The van der Waals surface area contributed by atoms with Crippen LogP contribution in [0.3, 0.4) is 0 Å². The van der Waals surface area contributed by atoms with Gasteiger partial charge in [-0.15, -0.1) is 0 Å². The highest BCUT2D eigenvalue weighted by atomic mass is 19.3. The fourth-order valence-corrected chi connectivity index (χ4v) is 0. The molecule has 0 aliphatic rings. The highest BCUT2D eigenvalue weighted by Gasteiger charge is 2.39. The first-order chi connectivity index (χ1) is 2.94. The van der Waals surface area contributed by atoms with Gasteiger partial charge in [0.05, 0.1) is 0 Å². The third-order valence-electron chi connectivity index (χ3n) is 0.254. The Morgan fingerprint density at radius 2 is 1.43 bits per heavy atom. The number of rotatable bonds is 1. The third kappa shape index (κ3) is 2.38. The molecule has 43 valence electrons. The molecule has 0 rings (SSSR count). The molecule has 0 aromatic carbocycles. The normalized spacial score (nSPS) is 12.9. The van der Waals surface area contributed by atoms with Crippen molar-refractivity contribution in [2.75, 3.05) is 0 Å². The second kappa shape index (κ2) is 1.65. The molecule has 0 amide bonds. The molecule has 0 saturated carbocycles. The van der Waals surface area contributed by atoms with Crippen LogP contribution in [0.2, 0.25) is 0 Å². The van der Waals surface area contributed by atoms with E-state index in [0.717, 1.165) is 0 Å². The van der Waals surface area contributed by atoms with E-state index >= 15 is 0 Å². The van der Waals surface area contributed by atoms with Gasteiger partial charge in [-0.3, -0.25) is 0 Å². The molecule has 0 aromatic heterocycles. The van der Waals surface area contributed by atoms with Gasteiger partial charge in [-0.1, -0.05) is 0 Å². The highest BCUT2D eigenvalue weighted by molar-refractivity contribution is 4.47. The second-order valence-corrected chi connectivity index (χ2v) is 0.862. The van der Waals surface area contributed by atoms with Crippen molar-refractivity contribution in [1.82, 2.24) is 0 Å². The Kier molecular flexibility index (Phi) is 1.58. The van der Waals surface area contributed by atoms with E-state index in [2.05, 4.69) is 0 Å². The molecule has 1 radical (unpaired) electrons. The monoisotopic (exact) mass is 117 g/mol. The van der Waals surface area contributed by atoms with E-state index in [1.807, 2.05) is 0 Å². The smallest absolute Gasteiger partial charge is 0.200 e. The SMILES string of the molecule is [O]C(F)(F)C(F)F. The highest BCUT2D eigenvalue weighted by Crippen LogP contribution is 2.18. The lowest BCUT2D eigenvalue weighted by Crippen LogP contribution is -2.22. The number of hydrogen-bond donors (Lipinski definition) is 0. The molecule has 0 atom stereocenters. The fourth-order valence-electron chi connectivity index (χ4n) is 0. The zero-order chi connectivity index (χ0) is 6.08. The molecule has 0 unspecified atom stereocenters. The maximum Gasteiger partial charge on any atom is 0.442 e. The maximum atomic E-state index is 10.5. The van der Waals surface area contributed by atoms with Gasteiger partial charge >= 0.3 is 12.5 Å². The molecular formula is C2HF4O. The molecule has 0 aliphatic heterocycles. The first kappa shape index (κ1) is 6.68. The van der Waals surface area contributed by atoms with Crippen LogP contribution in [0.1, 0.15) is 0 Å². The summed E-state index contributed by atoms with van der Waals surface area (Å²) in [6, 6.07) is 0. The van der Waals surface area contributed by atoms with E-state index in [0.29, 0.717) is 0 Å². The molecule has 0 aromatic rings. The first-order valence-electron chi connectivity index (χ1n) is 1.31. The predicted molar refractivity (Wildman–Crippen MR) is 11.6 cm³/mol. The standard InChI is InChI=1S/C2HF4O/c3-1(4)2(5,6)7/h1H. The lowest BCUT2D eigenvalue weighted by atomic mass is 10.7. The van der Waals surface area contributed by atoms with Crippen molar-refractivity contribution in [2.45, 2.75) is 12.5 Å². The molecule has 0 spiro atoms. The molecule has 0 N–H and O–H groups in total. The molecular weight excluding hydrogens is 116 g/mol. The van der Waals surface area contributed by atoms with Crippen LogP contribution < -0.4 is 0 Å². The van der Waals surface area contributed by atoms with Crippen LogP contribution in [0.4, 0.5) is 17.6 Å². The van der Waals surface area contributed by atoms with Gasteiger partial charge in [-0.25, -0.2) is 8.78 Å². The number of alkyl halides is 4. The zero-order valence-corrected chi connectivity index (χ0v) is 3.00. The molecule has 5 heteroatoms. The van der Waals surface area contributed by atoms with Crippen LogP contribution in [0.25, 0.3) is 0 Å². The van der Waals surface area contributed by atoms with E-state index in [4.69, 9.17) is 5.11 Å². The molecule has 0 heterocycles. The van der Waals surface area contributed by atoms with Gasteiger partial charge in [0, 0.05) is 0 Å². The minimum atomic E-state index is -5.08. The van der Waals surface area contributed by atoms with E-state index in [9.17, 15) is 17.6 Å². The minimum absolute atomic E-state index is 4.09. The largest absolute Gasteiger partial charge is 0.442 e. The van der Waals surface area contributed by atoms with Crippen molar-refractivity contribution in [3.8, 4) is 0 Å². The Morgan fingerprint density at radius 1 is 1.29 bits per heavy atom. The summed E-state index contributed by atoms with van der Waals surface area (Å²) in [5.74, 6) is 0. The van der Waals surface area contributed by atoms with Crippen molar-refractivity contribution < 1.29 is 22.7 Å². The van der Waals surface area contributed by atoms with Crippen molar-refractivity contribution in [2.24, 2.45) is 0 Å². The van der Waals surface area contributed by atoms with Crippen LogP contribution in [0.5, 0.6) is 0 Å². The van der Waals surface area contributed by atoms with Crippen molar-refractivity contribution in [3.05, 3.63) is 0 Å². The van der Waals surface area contributed by atoms with Gasteiger partial charge in [0.2, 0.25) is 0 Å². The Hall–Kier alpha value is -0.320. The van der Waals surface area contributed by atoms with Crippen molar-refractivity contribution in [3.63, 3.8) is 0 Å². The average molecular weight is 117 g/mol. The number of hydrogen-bond acceptors (Lipinski definition) is 0. The molecule has 7 heavy (non-hydrogen) atoms. The summed E-state index contributed by atoms with van der Waals surface area (Å²) in [7, 11) is 0. The van der Waals surface area contributed by atoms with Crippen LogP contribution in [0, 0.1) is 0 Å².